The van der Waals surface area contributed by atoms with E-state index in [-0.39, 0.29) is 11.3 Å². The minimum absolute atomic E-state index is 0.0461. The number of hydrogen-bond donors (Lipinski definition) is 2. The van der Waals surface area contributed by atoms with Crippen molar-refractivity contribution in [2.24, 2.45) is 0 Å². The summed E-state index contributed by atoms with van der Waals surface area (Å²) in [5, 5.41) is 3.79. The predicted molar refractivity (Wildman–Crippen MR) is 80.1 cm³/mol. The van der Waals surface area contributed by atoms with Crippen molar-refractivity contribution in [2.75, 3.05) is 6.54 Å². The minimum atomic E-state index is -0.0461. The predicted octanol–water partition coefficient (Wildman–Crippen LogP) is 3.52. The van der Waals surface area contributed by atoms with Gasteiger partial charge in [0.2, 0.25) is 0 Å². The molecule has 1 aliphatic rings. The van der Waals surface area contributed by atoms with E-state index >= 15 is 0 Å². The molecule has 3 nitrogen and oxygen atoms in total. The van der Waals surface area contributed by atoms with Gasteiger partial charge in [-0.1, -0.05) is 30.2 Å². The summed E-state index contributed by atoms with van der Waals surface area (Å²) in [7, 11) is 0. The summed E-state index contributed by atoms with van der Waals surface area (Å²) in [5.41, 5.74) is 1.95. The van der Waals surface area contributed by atoms with Crippen LogP contribution in [0.2, 0.25) is 5.02 Å². The van der Waals surface area contributed by atoms with E-state index in [1.165, 1.54) is 12.0 Å². The fraction of sp³-hybridized carbons (Fsp3) is 0.312. The van der Waals surface area contributed by atoms with Crippen LogP contribution in [0.3, 0.4) is 0 Å². The molecule has 1 aliphatic carbocycles. The number of amides is 1. The largest absolute Gasteiger partial charge is 0.357 e. The van der Waals surface area contributed by atoms with E-state index in [9.17, 15) is 4.79 Å². The zero-order chi connectivity index (χ0) is 14.0. The summed E-state index contributed by atoms with van der Waals surface area (Å²) in [4.78, 5) is 14.9. The van der Waals surface area contributed by atoms with E-state index in [0.29, 0.717) is 12.2 Å². The Morgan fingerprint density at radius 1 is 1.25 bits per heavy atom. The maximum Gasteiger partial charge on any atom is 0.267 e. The Labute approximate surface area is 123 Å². The van der Waals surface area contributed by atoms with Crippen molar-refractivity contribution in [3.05, 3.63) is 58.9 Å². The molecule has 1 aromatic carbocycles. The van der Waals surface area contributed by atoms with Gasteiger partial charge in [0.05, 0.1) is 0 Å². The molecule has 0 radical (unpaired) electrons. The van der Waals surface area contributed by atoms with Gasteiger partial charge in [0, 0.05) is 23.2 Å². The summed E-state index contributed by atoms with van der Waals surface area (Å²) in [6.45, 7) is 0.673. The number of aromatic nitrogens is 1. The van der Waals surface area contributed by atoms with Crippen LogP contribution in [0.15, 0.2) is 42.6 Å². The lowest BCUT2D eigenvalue weighted by atomic mass is 9.64. The number of hydrogen-bond acceptors (Lipinski definition) is 1. The first-order valence-electron chi connectivity index (χ1n) is 6.87. The van der Waals surface area contributed by atoms with E-state index in [1.807, 2.05) is 18.2 Å². The van der Waals surface area contributed by atoms with E-state index in [4.69, 9.17) is 11.6 Å². The number of halogens is 1. The Hall–Kier alpha value is -1.74. The Morgan fingerprint density at radius 3 is 2.55 bits per heavy atom. The molecule has 0 bridgehead atoms. The van der Waals surface area contributed by atoms with Crippen LogP contribution in [0.25, 0.3) is 0 Å². The molecule has 0 aliphatic heterocycles. The van der Waals surface area contributed by atoms with Crippen molar-refractivity contribution in [1.82, 2.24) is 10.3 Å². The van der Waals surface area contributed by atoms with Crippen LogP contribution >= 0.6 is 11.6 Å². The topological polar surface area (TPSA) is 44.9 Å². The van der Waals surface area contributed by atoms with Crippen molar-refractivity contribution in [3.63, 3.8) is 0 Å². The molecule has 104 valence electrons. The van der Waals surface area contributed by atoms with Crippen molar-refractivity contribution in [1.29, 1.82) is 0 Å². The lowest BCUT2D eigenvalue weighted by molar-refractivity contribution is 0.0923. The smallest absolute Gasteiger partial charge is 0.267 e. The van der Waals surface area contributed by atoms with Gasteiger partial charge < -0.3 is 10.3 Å². The van der Waals surface area contributed by atoms with Crippen LogP contribution in [-0.4, -0.2) is 17.4 Å². The van der Waals surface area contributed by atoms with E-state index < -0.39 is 0 Å². The highest BCUT2D eigenvalue weighted by Gasteiger charge is 2.38. The Balaban J connectivity index is 1.70. The lowest BCUT2D eigenvalue weighted by Crippen LogP contribution is -2.45. The van der Waals surface area contributed by atoms with Gasteiger partial charge in [-0.3, -0.25) is 4.79 Å². The van der Waals surface area contributed by atoms with Crippen molar-refractivity contribution in [3.8, 4) is 0 Å². The number of carbonyl (C=O) groups is 1. The van der Waals surface area contributed by atoms with Gasteiger partial charge in [0.15, 0.2) is 0 Å². The molecule has 2 aromatic rings. The normalized spacial score (nSPS) is 16.4. The van der Waals surface area contributed by atoms with Gasteiger partial charge in [0.25, 0.3) is 5.91 Å². The maximum absolute atomic E-state index is 12.0. The molecule has 1 saturated carbocycles. The van der Waals surface area contributed by atoms with Gasteiger partial charge in [0.1, 0.15) is 5.69 Å². The first-order chi connectivity index (χ1) is 9.70. The molecule has 0 spiro atoms. The van der Waals surface area contributed by atoms with Crippen molar-refractivity contribution in [2.45, 2.75) is 24.7 Å². The third-order valence-corrected chi connectivity index (χ3v) is 4.45. The second kappa shape index (κ2) is 5.33. The fourth-order valence-electron chi connectivity index (χ4n) is 2.79. The molecule has 0 saturated heterocycles. The number of carbonyl (C=O) groups excluding carboxylic acids is 1. The average molecular weight is 289 g/mol. The summed E-state index contributed by atoms with van der Waals surface area (Å²) >= 11 is 5.94. The van der Waals surface area contributed by atoms with Gasteiger partial charge in [-0.25, -0.2) is 0 Å². The second-order valence-corrected chi connectivity index (χ2v) is 5.84. The lowest BCUT2D eigenvalue weighted by Gasteiger charge is -2.42. The molecule has 4 heteroatoms. The number of benzene rings is 1. The molecule has 0 unspecified atom stereocenters. The van der Waals surface area contributed by atoms with Gasteiger partial charge in [-0.15, -0.1) is 0 Å². The number of rotatable bonds is 4. The highest BCUT2D eigenvalue weighted by atomic mass is 35.5. The molecule has 1 amide bonds. The number of H-pyrrole nitrogens is 1. The molecule has 3 rings (SSSR count). The van der Waals surface area contributed by atoms with Crippen LogP contribution in [-0.2, 0) is 5.41 Å². The summed E-state index contributed by atoms with van der Waals surface area (Å²) in [5.74, 6) is -0.0461. The molecule has 20 heavy (non-hydrogen) atoms. The van der Waals surface area contributed by atoms with E-state index in [0.717, 1.165) is 17.9 Å². The molecular weight excluding hydrogens is 272 g/mol. The van der Waals surface area contributed by atoms with Crippen LogP contribution in [0.4, 0.5) is 0 Å². The zero-order valence-electron chi connectivity index (χ0n) is 11.2. The van der Waals surface area contributed by atoms with E-state index in [2.05, 4.69) is 22.4 Å². The second-order valence-electron chi connectivity index (χ2n) is 5.41. The molecule has 1 fully saturated rings. The van der Waals surface area contributed by atoms with Crippen LogP contribution < -0.4 is 5.32 Å². The molecule has 2 N–H and O–H groups in total. The molecular formula is C16H17ClN2O. The van der Waals surface area contributed by atoms with Crippen molar-refractivity contribution >= 4 is 17.5 Å². The van der Waals surface area contributed by atoms with Gasteiger partial charge in [-0.05, 0) is 42.7 Å². The monoisotopic (exact) mass is 288 g/mol. The van der Waals surface area contributed by atoms with Crippen molar-refractivity contribution < 1.29 is 4.79 Å². The maximum atomic E-state index is 12.0. The highest BCUT2D eigenvalue weighted by molar-refractivity contribution is 6.30. The van der Waals surface area contributed by atoms with Gasteiger partial charge >= 0.3 is 0 Å². The standard InChI is InChI=1S/C16H17ClN2O/c17-13-6-4-12(5-7-13)16(8-2-9-16)11-19-15(20)14-3-1-10-18-14/h1,3-7,10,18H,2,8-9,11H2,(H,19,20). The third-order valence-electron chi connectivity index (χ3n) is 4.20. The third kappa shape index (κ3) is 2.46. The highest BCUT2D eigenvalue weighted by Crippen LogP contribution is 2.43. The molecule has 1 heterocycles. The zero-order valence-corrected chi connectivity index (χ0v) is 11.9. The first-order valence-corrected chi connectivity index (χ1v) is 7.25. The summed E-state index contributed by atoms with van der Waals surface area (Å²) in [6.07, 6.45) is 5.19. The van der Waals surface area contributed by atoms with Crippen LogP contribution in [0.1, 0.15) is 35.3 Å². The van der Waals surface area contributed by atoms with Crippen LogP contribution in [0, 0.1) is 0 Å². The molecule has 0 atom stereocenters. The quantitative estimate of drug-likeness (QED) is 0.888. The minimum Gasteiger partial charge on any atom is -0.357 e. The SMILES string of the molecule is O=C(NCC1(c2ccc(Cl)cc2)CCC1)c1ccc[nH]1. The average Bonchev–Trinajstić information content (AvgIpc) is 2.93. The number of nitrogens with one attached hydrogen (secondary N) is 2. The molecule has 1 aromatic heterocycles. The van der Waals surface area contributed by atoms with Gasteiger partial charge in [-0.2, -0.15) is 0 Å². The number of aromatic amines is 1. The Morgan fingerprint density at radius 2 is 2.00 bits per heavy atom. The summed E-state index contributed by atoms with van der Waals surface area (Å²) < 4.78 is 0. The fourth-order valence-corrected chi connectivity index (χ4v) is 2.92. The van der Waals surface area contributed by atoms with Crippen LogP contribution in [0.5, 0.6) is 0 Å². The summed E-state index contributed by atoms with van der Waals surface area (Å²) in [6, 6.07) is 11.6. The first kappa shape index (κ1) is 13.3. The van der Waals surface area contributed by atoms with E-state index in [1.54, 1.807) is 12.3 Å². The Bertz CT molecular complexity index is 585. The Kier molecular flexibility index (Phi) is 3.53.